The van der Waals surface area contributed by atoms with E-state index in [0.29, 0.717) is 34.6 Å². The van der Waals surface area contributed by atoms with Crippen LogP contribution in [0.4, 0.5) is 0 Å². The van der Waals surface area contributed by atoms with Gasteiger partial charge in [-0.1, -0.05) is 29.3 Å². The Morgan fingerprint density at radius 1 is 1.19 bits per heavy atom. The normalized spacial score (nSPS) is 14.3. The van der Waals surface area contributed by atoms with Crippen molar-refractivity contribution in [1.29, 1.82) is 0 Å². The van der Waals surface area contributed by atoms with Crippen molar-refractivity contribution >= 4 is 29.1 Å². The molecular formula is C20H23Cl2N3O2. The van der Waals surface area contributed by atoms with Crippen LogP contribution in [0.5, 0.6) is 5.88 Å². The molecule has 1 aliphatic heterocycles. The minimum absolute atomic E-state index is 0.0598. The lowest BCUT2D eigenvalue weighted by Crippen LogP contribution is -2.37. The summed E-state index contributed by atoms with van der Waals surface area (Å²) in [6.07, 6.45) is 4.01. The predicted octanol–water partition coefficient (Wildman–Crippen LogP) is 4.14. The van der Waals surface area contributed by atoms with E-state index >= 15 is 0 Å². The van der Waals surface area contributed by atoms with Crippen LogP contribution in [0.15, 0.2) is 36.5 Å². The molecule has 0 saturated carbocycles. The monoisotopic (exact) mass is 407 g/mol. The van der Waals surface area contributed by atoms with E-state index in [-0.39, 0.29) is 5.91 Å². The smallest absolute Gasteiger partial charge is 0.255 e. The Kier molecular flexibility index (Phi) is 6.94. The van der Waals surface area contributed by atoms with Gasteiger partial charge in [0, 0.05) is 31.9 Å². The fraction of sp³-hybridized carbons (Fsp3) is 0.400. The Labute approximate surface area is 169 Å². The molecule has 0 bridgehead atoms. The summed E-state index contributed by atoms with van der Waals surface area (Å²) in [5, 5.41) is 1.00. The molecule has 0 aliphatic carbocycles. The SMILES string of the molecule is COc1ccc(C(=O)N(CCN2CCCC2)Cc2ccc(Cl)c(Cl)c2)cn1. The molecule has 0 spiro atoms. The number of ether oxygens (including phenoxy) is 1. The van der Waals surface area contributed by atoms with Gasteiger partial charge in [-0.05, 0) is 49.7 Å². The number of halogens is 2. The largest absolute Gasteiger partial charge is 0.481 e. The topological polar surface area (TPSA) is 45.7 Å². The van der Waals surface area contributed by atoms with E-state index in [2.05, 4.69) is 9.88 Å². The Morgan fingerprint density at radius 2 is 1.96 bits per heavy atom. The number of aromatic nitrogens is 1. The Bertz CT molecular complexity index is 777. The summed E-state index contributed by atoms with van der Waals surface area (Å²) in [6.45, 7) is 4.16. The first-order chi connectivity index (χ1) is 13.1. The lowest BCUT2D eigenvalue weighted by Gasteiger charge is -2.26. The lowest BCUT2D eigenvalue weighted by molar-refractivity contribution is 0.0726. The minimum Gasteiger partial charge on any atom is -0.481 e. The molecular weight excluding hydrogens is 385 g/mol. The number of benzene rings is 1. The summed E-state index contributed by atoms with van der Waals surface area (Å²) in [4.78, 5) is 21.5. The minimum atomic E-state index is -0.0598. The third-order valence-electron chi connectivity index (χ3n) is 4.72. The van der Waals surface area contributed by atoms with E-state index in [9.17, 15) is 4.79 Å². The molecule has 1 fully saturated rings. The van der Waals surface area contributed by atoms with E-state index in [1.807, 2.05) is 17.0 Å². The van der Waals surface area contributed by atoms with Gasteiger partial charge >= 0.3 is 0 Å². The zero-order chi connectivity index (χ0) is 19.2. The molecule has 2 heterocycles. The van der Waals surface area contributed by atoms with Gasteiger partial charge < -0.3 is 14.5 Å². The van der Waals surface area contributed by atoms with Crippen molar-refractivity contribution in [2.45, 2.75) is 19.4 Å². The average Bonchev–Trinajstić information content (AvgIpc) is 3.21. The van der Waals surface area contributed by atoms with E-state index < -0.39 is 0 Å². The molecule has 1 saturated heterocycles. The van der Waals surface area contributed by atoms with Crippen LogP contribution in [0.1, 0.15) is 28.8 Å². The molecule has 1 amide bonds. The van der Waals surface area contributed by atoms with Crippen molar-refractivity contribution in [3.05, 3.63) is 57.7 Å². The standard InChI is InChI=1S/C20H23Cl2N3O2/c1-27-19-7-5-16(13-23-19)20(26)25(11-10-24-8-2-3-9-24)14-15-4-6-17(21)18(22)12-15/h4-7,12-13H,2-3,8-11,14H2,1H3. The number of rotatable bonds is 7. The number of likely N-dealkylation sites (tertiary alicyclic amines) is 1. The van der Waals surface area contributed by atoms with E-state index in [1.165, 1.54) is 12.8 Å². The van der Waals surface area contributed by atoms with Gasteiger partial charge in [0.15, 0.2) is 0 Å². The van der Waals surface area contributed by atoms with E-state index in [4.69, 9.17) is 27.9 Å². The van der Waals surface area contributed by atoms with Crippen molar-refractivity contribution in [2.24, 2.45) is 0 Å². The van der Waals surface area contributed by atoms with Crippen LogP contribution in [0, 0.1) is 0 Å². The van der Waals surface area contributed by atoms with Crippen LogP contribution in [0.3, 0.4) is 0 Å². The molecule has 2 aromatic rings. The van der Waals surface area contributed by atoms with E-state index in [0.717, 1.165) is 25.2 Å². The molecule has 1 aromatic heterocycles. The zero-order valence-corrected chi connectivity index (χ0v) is 16.8. The van der Waals surface area contributed by atoms with Crippen LogP contribution in [-0.4, -0.2) is 54.0 Å². The maximum atomic E-state index is 13.1. The number of hydrogen-bond acceptors (Lipinski definition) is 4. The fourth-order valence-corrected chi connectivity index (χ4v) is 3.51. The molecule has 27 heavy (non-hydrogen) atoms. The second-order valence-electron chi connectivity index (χ2n) is 6.61. The number of nitrogens with zero attached hydrogens (tertiary/aromatic N) is 3. The predicted molar refractivity (Wildman–Crippen MR) is 108 cm³/mol. The molecule has 7 heteroatoms. The summed E-state index contributed by atoms with van der Waals surface area (Å²) in [5.74, 6) is 0.426. The molecule has 5 nitrogen and oxygen atoms in total. The van der Waals surface area contributed by atoms with Crippen LogP contribution < -0.4 is 4.74 Å². The first kappa shape index (κ1) is 19.9. The summed E-state index contributed by atoms with van der Waals surface area (Å²) in [5.41, 5.74) is 1.48. The summed E-state index contributed by atoms with van der Waals surface area (Å²) >= 11 is 12.2. The third kappa shape index (κ3) is 5.34. The van der Waals surface area contributed by atoms with Crippen molar-refractivity contribution in [3.63, 3.8) is 0 Å². The lowest BCUT2D eigenvalue weighted by atomic mass is 10.2. The van der Waals surface area contributed by atoms with Crippen LogP contribution in [0.25, 0.3) is 0 Å². The highest BCUT2D eigenvalue weighted by Gasteiger charge is 2.19. The van der Waals surface area contributed by atoms with Crippen molar-refractivity contribution in [3.8, 4) is 5.88 Å². The maximum Gasteiger partial charge on any atom is 0.255 e. The number of hydrogen-bond donors (Lipinski definition) is 0. The fourth-order valence-electron chi connectivity index (χ4n) is 3.19. The second kappa shape index (κ2) is 9.40. The Morgan fingerprint density at radius 3 is 2.59 bits per heavy atom. The molecule has 3 rings (SSSR count). The highest BCUT2D eigenvalue weighted by molar-refractivity contribution is 6.42. The first-order valence-corrected chi connectivity index (χ1v) is 9.78. The second-order valence-corrected chi connectivity index (χ2v) is 7.43. The van der Waals surface area contributed by atoms with Gasteiger partial charge in [-0.15, -0.1) is 0 Å². The summed E-state index contributed by atoms with van der Waals surface area (Å²) < 4.78 is 5.07. The van der Waals surface area contributed by atoms with Gasteiger partial charge in [-0.3, -0.25) is 4.79 Å². The summed E-state index contributed by atoms with van der Waals surface area (Å²) in [7, 11) is 1.55. The van der Waals surface area contributed by atoms with Crippen molar-refractivity contribution in [1.82, 2.24) is 14.8 Å². The zero-order valence-electron chi connectivity index (χ0n) is 15.3. The quantitative estimate of drug-likeness (QED) is 0.691. The van der Waals surface area contributed by atoms with Gasteiger partial charge in [0.25, 0.3) is 5.91 Å². The van der Waals surface area contributed by atoms with Crippen LogP contribution in [-0.2, 0) is 6.54 Å². The molecule has 0 atom stereocenters. The van der Waals surface area contributed by atoms with Gasteiger partial charge in [0.2, 0.25) is 5.88 Å². The van der Waals surface area contributed by atoms with Gasteiger partial charge in [0.05, 0.1) is 22.7 Å². The molecule has 0 radical (unpaired) electrons. The highest BCUT2D eigenvalue weighted by Crippen LogP contribution is 2.24. The third-order valence-corrected chi connectivity index (χ3v) is 5.46. The average molecular weight is 408 g/mol. The molecule has 144 valence electrons. The Balaban J connectivity index is 1.76. The number of methoxy groups -OCH3 is 1. The van der Waals surface area contributed by atoms with E-state index in [1.54, 1.807) is 31.5 Å². The van der Waals surface area contributed by atoms with Crippen LogP contribution in [0.2, 0.25) is 10.0 Å². The van der Waals surface area contributed by atoms with Gasteiger partial charge in [-0.2, -0.15) is 0 Å². The number of carbonyl (C=O) groups excluding carboxylic acids is 1. The summed E-state index contributed by atoms with van der Waals surface area (Å²) in [6, 6.07) is 8.91. The number of pyridine rings is 1. The van der Waals surface area contributed by atoms with Gasteiger partial charge in [-0.25, -0.2) is 4.98 Å². The molecule has 0 N–H and O–H groups in total. The number of carbonyl (C=O) groups is 1. The molecule has 1 aliphatic rings. The number of amides is 1. The van der Waals surface area contributed by atoms with Gasteiger partial charge in [0.1, 0.15) is 0 Å². The van der Waals surface area contributed by atoms with Crippen LogP contribution >= 0.6 is 23.2 Å². The first-order valence-electron chi connectivity index (χ1n) is 9.02. The molecule has 1 aromatic carbocycles. The van der Waals surface area contributed by atoms with Crippen molar-refractivity contribution < 1.29 is 9.53 Å². The maximum absolute atomic E-state index is 13.1. The Hall–Kier alpha value is -1.82. The molecule has 0 unspecified atom stereocenters. The highest BCUT2D eigenvalue weighted by atomic mass is 35.5. The van der Waals surface area contributed by atoms with Crippen molar-refractivity contribution in [2.75, 3.05) is 33.3 Å².